The fourth-order valence-corrected chi connectivity index (χ4v) is 8.21. The average Bonchev–Trinajstić information content (AvgIpc) is 3.24. The number of para-hydroxylation sites is 1. The molecule has 0 radical (unpaired) electrons. The van der Waals surface area contributed by atoms with Gasteiger partial charge in [-0.25, -0.2) is 0 Å². The highest BCUT2D eigenvalue weighted by atomic mass is 15.1. The Morgan fingerprint density at radius 2 is 0.736 bits per heavy atom. The zero-order chi connectivity index (χ0) is 35.1. The van der Waals surface area contributed by atoms with Crippen molar-refractivity contribution in [2.24, 2.45) is 0 Å². The Kier molecular flexibility index (Phi) is 7.55. The fourth-order valence-electron chi connectivity index (χ4n) is 8.21. The van der Waals surface area contributed by atoms with Crippen LogP contribution in [0.5, 0.6) is 0 Å². The van der Waals surface area contributed by atoms with E-state index in [1.807, 2.05) is 0 Å². The highest BCUT2D eigenvalue weighted by Gasteiger charge is 2.22. The van der Waals surface area contributed by atoms with Gasteiger partial charge in [0.1, 0.15) is 0 Å². The van der Waals surface area contributed by atoms with Crippen LogP contribution in [0, 0.1) is 0 Å². The van der Waals surface area contributed by atoms with Crippen molar-refractivity contribution in [3.8, 4) is 33.4 Å². The zero-order valence-corrected chi connectivity index (χ0v) is 29.2. The maximum Gasteiger partial charge on any atom is 0.0468 e. The van der Waals surface area contributed by atoms with Crippen LogP contribution in [0.3, 0.4) is 0 Å². The second-order valence-electron chi connectivity index (χ2n) is 13.7. The monoisotopic (exact) mass is 673 g/mol. The van der Waals surface area contributed by atoms with Crippen LogP contribution in [0.1, 0.15) is 0 Å². The Balaban J connectivity index is 1.27. The molecule has 0 fully saturated rings. The van der Waals surface area contributed by atoms with E-state index in [1.54, 1.807) is 0 Å². The molecule has 0 N–H and O–H groups in total. The smallest absolute Gasteiger partial charge is 0.0468 e. The highest BCUT2D eigenvalue weighted by Crippen LogP contribution is 2.49. The van der Waals surface area contributed by atoms with Gasteiger partial charge in [0.15, 0.2) is 0 Å². The molecule has 10 aromatic rings. The lowest BCUT2D eigenvalue weighted by molar-refractivity contribution is 1.29. The molecule has 0 saturated carbocycles. The minimum atomic E-state index is 1.11. The Hall–Kier alpha value is -6.96. The molecule has 10 aromatic carbocycles. The largest absolute Gasteiger partial charge is 0.310 e. The lowest BCUT2D eigenvalue weighted by Gasteiger charge is -2.26. The highest BCUT2D eigenvalue weighted by molar-refractivity contribution is 6.33. The molecule has 0 aliphatic carbocycles. The van der Waals surface area contributed by atoms with E-state index in [0.717, 1.165) is 17.1 Å². The molecule has 0 spiro atoms. The molecule has 1 heteroatoms. The van der Waals surface area contributed by atoms with Crippen molar-refractivity contribution in [3.63, 3.8) is 0 Å². The van der Waals surface area contributed by atoms with Gasteiger partial charge in [-0.1, -0.05) is 170 Å². The standard InChI is InChI=1S/C52H35N/c1-4-17-37(18-5-1)48-35-49(38-19-6-2-7-20-38)51-46-26-14-12-24-44(46)45-25-13-15-27-47(45)52(51)50(48)39-29-31-42(32-30-39)53(41-22-8-3-9-23-41)43-33-28-36-16-10-11-21-40(36)34-43/h1-35H. The molecule has 0 heterocycles. The van der Waals surface area contributed by atoms with E-state index in [2.05, 4.69) is 217 Å². The van der Waals surface area contributed by atoms with E-state index in [4.69, 9.17) is 0 Å². The number of anilines is 3. The summed E-state index contributed by atoms with van der Waals surface area (Å²) in [6, 6.07) is 77.2. The summed E-state index contributed by atoms with van der Waals surface area (Å²) in [6.07, 6.45) is 0. The lowest BCUT2D eigenvalue weighted by Crippen LogP contribution is -2.09. The maximum atomic E-state index is 2.43. The summed E-state index contributed by atoms with van der Waals surface area (Å²) >= 11 is 0. The van der Waals surface area contributed by atoms with Crippen LogP contribution in [0.2, 0.25) is 0 Å². The molecule has 0 unspecified atom stereocenters. The van der Waals surface area contributed by atoms with Crippen LogP contribution >= 0.6 is 0 Å². The van der Waals surface area contributed by atoms with Crippen LogP contribution in [-0.2, 0) is 0 Å². The van der Waals surface area contributed by atoms with Crippen molar-refractivity contribution in [3.05, 3.63) is 212 Å². The predicted octanol–water partition coefficient (Wildman–Crippen LogP) is 14.8. The van der Waals surface area contributed by atoms with Gasteiger partial charge in [0.05, 0.1) is 0 Å². The second-order valence-corrected chi connectivity index (χ2v) is 13.7. The first-order chi connectivity index (χ1) is 26.3. The van der Waals surface area contributed by atoms with Crippen molar-refractivity contribution < 1.29 is 0 Å². The van der Waals surface area contributed by atoms with E-state index in [1.165, 1.54) is 76.5 Å². The Morgan fingerprint density at radius 3 is 1.38 bits per heavy atom. The Morgan fingerprint density at radius 1 is 0.264 bits per heavy atom. The topological polar surface area (TPSA) is 3.24 Å². The molecule has 1 nitrogen and oxygen atoms in total. The van der Waals surface area contributed by atoms with Crippen molar-refractivity contribution in [2.45, 2.75) is 0 Å². The van der Waals surface area contributed by atoms with E-state index in [9.17, 15) is 0 Å². The lowest BCUT2D eigenvalue weighted by atomic mass is 9.81. The summed E-state index contributed by atoms with van der Waals surface area (Å²) in [4.78, 5) is 2.36. The summed E-state index contributed by atoms with van der Waals surface area (Å²) in [5.74, 6) is 0. The molecule has 10 rings (SSSR count). The van der Waals surface area contributed by atoms with Gasteiger partial charge in [-0.3, -0.25) is 0 Å². The van der Waals surface area contributed by atoms with Gasteiger partial charge in [-0.15, -0.1) is 0 Å². The van der Waals surface area contributed by atoms with Crippen LogP contribution in [0.4, 0.5) is 17.1 Å². The van der Waals surface area contributed by atoms with Gasteiger partial charge in [0, 0.05) is 17.1 Å². The first-order valence-corrected chi connectivity index (χ1v) is 18.3. The molecule has 0 bridgehead atoms. The summed E-state index contributed by atoms with van der Waals surface area (Å²) in [6.45, 7) is 0. The van der Waals surface area contributed by atoms with Gasteiger partial charge in [-0.2, -0.15) is 0 Å². The van der Waals surface area contributed by atoms with Crippen LogP contribution in [-0.4, -0.2) is 0 Å². The molecule has 0 saturated heterocycles. The first-order valence-electron chi connectivity index (χ1n) is 18.3. The molecule has 53 heavy (non-hydrogen) atoms. The molecule has 0 aliphatic rings. The number of rotatable bonds is 6. The molecular formula is C52H35N. The van der Waals surface area contributed by atoms with Crippen molar-refractivity contribution in [1.82, 2.24) is 0 Å². The van der Waals surface area contributed by atoms with Crippen molar-refractivity contribution >= 4 is 60.2 Å². The third kappa shape index (κ3) is 5.34. The van der Waals surface area contributed by atoms with E-state index in [0.29, 0.717) is 0 Å². The van der Waals surface area contributed by atoms with E-state index in [-0.39, 0.29) is 0 Å². The van der Waals surface area contributed by atoms with Crippen LogP contribution in [0.25, 0.3) is 76.5 Å². The predicted molar refractivity (Wildman–Crippen MR) is 227 cm³/mol. The number of benzene rings is 10. The summed E-state index contributed by atoms with van der Waals surface area (Å²) < 4.78 is 0. The van der Waals surface area contributed by atoms with Gasteiger partial charge in [0.25, 0.3) is 0 Å². The van der Waals surface area contributed by atoms with Gasteiger partial charge in [-0.05, 0) is 119 Å². The fraction of sp³-hybridized carbons (Fsp3) is 0. The van der Waals surface area contributed by atoms with Gasteiger partial charge >= 0.3 is 0 Å². The maximum absolute atomic E-state index is 2.43. The summed E-state index contributed by atoms with van der Waals surface area (Å²) in [5.41, 5.74) is 10.7. The van der Waals surface area contributed by atoms with E-state index < -0.39 is 0 Å². The average molecular weight is 674 g/mol. The minimum Gasteiger partial charge on any atom is -0.310 e. The Labute approximate surface area is 309 Å². The van der Waals surface area contributed by atoms with Crippen molar-refractivity contribution in [2.75, 3.05) is 4.90 Å². The summed E-state index contributed by atoms with van der Waals surface area (Å²) in [7, 11) is 0. The second kappa shape index (κ2) is 13.0. The minimum absolute atomic E-state index is 1.11. The first kappa shape index (κ1) is 30.8. The number of nitrogens with zero attached hydrogens (tertiary/aromatic N) is 1. The van der Waals surface area contributed by atoms with Crippen LogP contribution in [0.15, 0.2) is 212 Å². The summed E-state index contributed by atoms with van der Waals surface area (Å²) in [5, 5.41) is 10.1. The normalized spacial score (nSPS) is 11.4. The molecular weight excluding hydrogens is 639 g/mol. The third-order valence-electron chi connectivity index (χ3n) is 10.6. The molecule has 0 atom stereocenters. The third-order valence-corrected chi connectivity index (χ3v) is 10.6. The molecule has 0 aliphatic heterocycles. The van der Waals surface area contributed by atoms with Crippen molar-refractivity contribution in [1.29, 1.82) is 0 Å². The van der Waals surface area contributed by atoms with E-state index >= 15 is 0 Å². The number of hydrogen-bond acceptors (Lipinski definition) is 1. The number of hydrogen-bond donors (Lipinski definition) is 0. The quantitative estimate of drug-likeness (QED) is 0.159. The van der Waals surface area contributed by atoms with Crippen LogP contribution < -0.4 is 4.90 Å². The zero-order valence-electron chi connectivity index (χ0n) is 29.2. The number of fused-ring (bicyclic) bond motifs is 7. The van der Waals surface area contributed by atoms with Gasteiger partial charge < -0.3 is 4.90 Å². The SMILES string of the molecule is c1ccc(-c2cc(-c3ccccc3)c3c4ccccc4c4ccccc4c3c2-c2ccc(N(c3ccccc3)c3ccc4ccccc4c3)cc2)cc1. The molecule has 248 valence electrons. The molecule has 0 aromatic heterocycles. The van der Waals surface area contributed by atoms with Gasteiger partial charge in [0.2, 0.25) is 0 Å². The molecule has 0 amide bonds. The Bertz CT molecular complexity index is 2910.